The van der Waals surface area contributed by atoms with E-state index < -0.39 is 0 Å². The van der Waals surface area contributed by atoms with Gasteiger partial charge >= 0.3 is 0 Å². The van der Waals surface area contributed by atoms with E-state index >= 15 is 0 Å². The van der Waals surface area contributed by atoms with E-state index in [9.17, 15) is 0 Å². The second kappa shape index (κ2) is 41.8. The summed E-state index contributed by atoms with van der Waals surface area (Å²) in [5, 5.41) is 0. The van der Waals surface area contributed by atoms with Gasteiger partial charge in [0.15, 0.2) is 0 Å². The van der Waals surface area contributed by atoms with Crippen LogP contribution in [0.15, 0.2) is 0 Å². The van der Waals surface area contributed by atoms with Gasteiger partial charge in [-0.25, -0.2) is 0 Å². The van der Waals surface area contributed by atoms with Crippen LogP contribution >= 0.6 is 0 Å². The molecule has 0 saturated heterocycles. The van der Waals surface area contributed by atoms with Crippen molar-refractivity contribution in [2.45, 2.75) is 448 Å². The van der Waals surface area contributed by atoms with Crippen molar-refractivity contribution < 1.29 is 0 Å². The van der Waals surface area contributed by atoms with Crippen LogP contribution < -0.4 is 0 Å². The van der Waals surface area contributed by atoms with Gasteiger partial charge < -0.3 is 0 Å². The first-order valence-electron chi connectivity index (χ1n) is 41.4. The molecule has 0 heterocycles. The first-order chi connectivity index (χ1) is 41.4. The molecule has 0 amide bonds. The highest BCUT2D eigenvalue weighted by Gasteiger charge is 2.39. The van der Waals surface area contributed by atoms with Gasteiger partial charge in [-0.3, -0.25) is 0 Å². The van der Waals surface area contributed by atoms with E-state index in [2.05, 4.69) is 152 Å². The molecule has 13 aliphatic rings. The van der Waals surface area contributed by atoms with Crippen LogP contribution in [0.25, 0.3) is 0 Å². The Hall–Kier alpha value is 0. The predicted molar refractivity (Wildman–Crippen MR) is 401 cm³/mol. The molecule has 0 aliphatic heterocycles. The third kappa shape index (κ3) is 32.2. The van der Waals surface area contributed by atoms with E-state index in [0.29, 0.717) is 21.7 Å². The molecule has 5 unspecified atom stereocenters. The van der Waals surface area contributed by atoms with Crippen molar-refractivity contribution in [3.8, 4) is 0 Å². The lowest BCUT2D eigenvalue weighted by Gasteiger charge is -2.28. The molecule has 88 heavy (non-hydrogen) atoms. The number of fused-ring (bicyclic) bond motifs is 4. The Bertz CT molecular complexity index is 1580. The maximum Gasteiger partial charge on any atom is -0.0328 e. The minimum absolute atomic E-state index is 0.653. The van der Waals surface area contributed by atoms with Crippen LogP contribution in [0, 0.1) is 115 Å². The summed E-state index contributed by atoms with van der Waals surface area (Å²) in [4.78, 5) is 0. The largest absolute Gasteiger partial charge is 0.0654 e. The Kier molecular flexibility index (Phi) is 39.1. The minimum atomic E-state index is 0.653. The SMILES string of the molecule is CC(C)C1CCCC1.CC1(C)CCCCC1.CC1C2CCC1CC2.CC1CCCC1(C)C.CCC1(C)CCCC1.CCC1(C)CCCC1.CCC1CCCC1C.CCCC1CCCC1.C[C@H]1CC2CCC1C2.C[C@H]1CCC(C)(C)C1.C[C@H]1CCCC1(C)C. The van der Waals surface area contributed by atoms with Gasteiger partial charge in [-0.05, 0) is 224 Å². The summed E-state index contributed by atoms with van der Waals surface area (Å²) in [6.07, 6.45) is 68.1. The lowest BCUT2D eigenvalue weighted by Crippen LogP contribution is -2.14. The van der Waals surface area contributed by atoms with Crippen LogP contribution in [0.1, 0.15) is 448 Å². The molecule has 0 radical (unpaired) electrons. The Morgan fingerprint density at radius 3 is 1.01 bits per heavy atom. The van der Waals surface area contributed by atoms with Crippen molar-refractivity contribution in [3.63, 3.8) is 0 Å². The van der Waals surface area contributed by atoms with E-state index in [-0.39, 0.29) is 0 Å². The third-order valence-electron chi connectivity index (χ3n) is 28.8. The molecule has 0 spiro atoms. The van der Waals surface area contributed by atoms with Gasteiger partial charge in [-0.2, -0.15) is 0 Å². The van der Waals surface area contributed by atoms with E-state index in [1.165, 1.54) is 244 Å². The summed E-state index contributed by atoms with van der Waals surface area (Å²) in [7, 11) is 0. The van der Waals surface area contributed by atoms with E-state index in [0.717, 1.165) is 93.7 Å². The smallest absolute Gasteiger partial charge is 0.0328 e. The van der Waals surface area contributed by atoms with Gasteiger partial charge in [0.2, 0.25) is 0 Å². The molecule has 13 rings (SSSR count). The molecule has 8 atom stereocenters. The predicted octanol–water partition coefficient (Wildman–Crippen LogP) is 31.0. The van der Waals surface area contributed by atoms with Crippen molar-refractivity contribution in [1.82, 2.24) is 0 Å². The van der Waals surface area contributed by atoms with Crippen LogP contribution in [0.4, 0.5) is 0 Å². The summed E-state index contributed by atoms with van der Waals surface area (Å²) in [6.45, 7) is 52.1. The normalized spacial score (nSPS) is 34.2. The van der Waals surface area contributed by atoms with E-state index in [1.807, 2.05) is 0 Å². The zero-order chi connectivity index (χ0) is 65.6. The highest BCUT2D eigenvalue weighted by Crippen LogP contribution is 2.50. The van der Waals surface area contributed by atoms with Crippen molar-refractivity contribution in [2.24, 2.45) is 115 Å². The minimum Gasteiger partial charge on any atom is -0.0654 e. The summed E-state index contributed by atoms with van der Waals surface area (Å²) in [5.41, 5.74) is 4.12. The molecular formula is C88H172. The van der Waals surface area contributed by atoms with Gasteiger partial charge in [0.25, 0.3) is 0 Å². The molecular weight excluding hydrogens is 1060 g/mol. The molecule has 13 saturated carbocycles. The maximum absolute atomic E-state index is 2.44. The first kappa shape index (κ1) is 82.2. The van der Waals surface area contributed by atoms with Gasteiger partial charge in [-0.15, -0.1) is 0 Å². The summed E-state index contributed by atoms with van der Waals surface area (Å²) < 4.78 is 0. The van der Waals surface area contributed by atoms with Gasteiger partial charge in [-0.1, -0.05) is 339 Å². The highest BCUT2D eigenvalue weighted by atomic mass is 14.4. The Labute approximate surface area is 559 Å². The lowest BCUT2D eigenvalue weighted by molar-refractivity contribution is 0.244. The second-order valence-corrected chi connectivity index (χ2v) is 38.5. The molecule has 13 aliphatic carbocycles. The monoisotopic (exact) mass is 1230 g/mol. The molecule has 0 aromatic carbocycles. The second-order valence-electron chi connectivity index (χ2n) is 38.5. The van der Waals surface area contributed by atoms with Gasteiger partial charge in [0.05, 0.1) is 0 Å². The summed E-state index contributed by atoms with van der Waals surface area (Å²) in [5.74, 6) is 14.9. The fourth-order valence-electron chi connectivity index (χ4n) is 19.8. The fourth-order valence-corrected chi connectivity index (χ4v) is 19.8. The molecule has 0 aromatic rings. The fraction of sp³-hybridized carbons (Fsp3) is 1.00. The molecule has 4 bridgehead atoms. The Balaban J connectivity index is 0.000000253. The van der Waals surface area contributed by atoms with Crippen molar-refractivity contribution in [3.05, 3.63) is 0 Å². The zero-order valence-corrected chi connectivity index (χ0v) is 65.6. The Morgan fingerprint density at radius 2 is 0.818 bits per heavy atom. The van der Waals surface area contributed by atoms with Crippen molar-refractivity contribution in [2.75, 3.05) is 0 Å². The van der Waals surface area contributed by atoms with Crippen LogP contribution in [-0.4, -0.2) is 0 Å². The summed E-state index contributed by atoms with van der Waals surface area (Å²) in [6, 6.07) is 0. The highest BCUT2D eigenvalue weighted by molar-refractivity contribution is 4.90. The zero-order valence-electron chi connectivity index (χ0n) is 65.6. The molecule has 13 fully saturated rings. The van der Waals surface area contributed by atoms with Crippen LogP contribution in [0.2, 0.25) is 0 Å². The van der Waals surface area contributed by atoms with Crippen LogP contribution in [0.3, 0.4) is 0 Å². The van der Waals surface area contributed by atoms with Crippen LogP contribution in [-0.2, 0) is 0 Å². The standard InChI is InChI=1S/2C8H14.9C8H16/c1-6-4-7-2-3-8(6)5-7;1-6-7-2-3-8(6)5-4-7;1-7-4-5-8(2,3)6-7;2*1-7-5-4-6-8(7,2)3;1-8(2)6-4-3-5-7-8;1-7(2)8-5-3-4-6-8;2*1-3-8(2)6-4-5-7-8;1-3-8-6-4-5-7(8)2;1-2-5-8-6-3-4-7-8/h2*6-8H,2-5H2,1H3;3*7H,4-6H2,1-3H3;3-7H2,1-2H3;7-8H,3-6H2,1-2H3;2*3-7H2,1-2H3;7-8H,3-6H2,1-2H3;8H,2-7H2,1H3/t6-,7?,8?;;2*7-;;;;;;;/m0.00......./s1. The molecule has 0 heteroatoms. The van der Waals surface area contributed by atoms with Crippen molar-refractivity contribution >= 4 is 0 Å². The molecule has 0 nitrogen and oxygen atoms in total. The van der Waals surface area contributed by atoms with E-state index in [1.54, 1.807) is 51.4 Å². The topological polar surface area (TPSA) is 0 Å². The quantitative estimate of drug-likeness (QED) is 0.249. The van der Waals surface area contributed by atoms with Crippen LogP contribution in [0.5, 0.6) is 0 Å². The number of hydrogen-bond acceptors (Lipinski definition) is 0. The number of hydrogen-bond donors (Lipinski definition) is 0. The third-order valence-corrected chi connectivity index (χ3v) is 28.8. The maximum atomic E-state index is 2.44. The first-order valence-corrected chi connectivity index (χ1v) is 41.4. The molecule has 524 valence electrons. The summed E-state index contributed by atoms with van der Waals surface area (Å²) >= 11 is 0. The average molecular weight is 1230 g/mol. The average Bonchev–Trinajstić information content (AvgIpc) is 4.48. The number of rotatable bonds is 6. The van der Waals surface area contributed by atoms with Gasteiger partial charge in [0.1, 0.15) is 0 Å². The molecule has 0 N–H and O–H groups in total. The molecule has 0 aromatic heterocycles. The van der Waals surface area contributed by atoms with Gasteiger partial charge in [0, 0.05) is 0 Å². The van der Waals surface area contributed by atoms with E-state index in [4.69, 9.17) is 0 Å². The van der Waals surface area contributed by atoms with Crippen molar-refractivity contribution in [1.29, 1.82) is 0 Å². The Morgan fingerprint density at radius 1 is 0.364 bits per heavy atom. The lowest BCUT2D eigenvalue weighted by atomic mass is 9.78.